The number of aromatic nitrogens is 1. The number of thioether (sulfide) groups is 1. The molecule has 3 heterocycles. The quantitative estimate of drug-likeness (QED) is 0.495. The summed E-state index contributed by atoms with van der Waals surface area (Å²) in [6.07, 6.45) is 8.28. The molecule has 2 fully saturated rings. The Morgan fingerprint density at radius 2 is 1.89 bits per heavy atom. The number of hydrogen-bond donors (Lipinski definition) is 0. The van der Waals surface area contributed by atoms with Crippen LogP contribution in [0.5, 0.6) is 0 Å². The minimum atomic E-state index is -0.166. The molecule has 1 atom stereocenters. The Bertz CT molecular complexity index is 1150. The molecule has 1 aliphatic carbocycles. The molecule has 0 bridgehead atoms. The molecule has 184 valence electrons. The Morgan fingerprint density at radius 1 is 1.11 bits per heavy atom. The number of carbonyl (C=O) groups excluding carboxylic acids is 2. The summed E-state index contributed by atoms with van der Waals surface area (Å²) in [6.45, 7) is 4.19. The fraction of sp³-hybridized carbons (Fsp3) is 0.400. The van der Waals surface area contributed by atoms with Crippen molar-refractivity contribution in [3.05, 3.63) is 68.1 Å². The smallest absolute Gasteiger partial charge is 0.273 e. The van der Waals surface area contributed by atoms with Crippen LogP contribution in [0.4, 0.5) is 0 Å². The number of nitrogens with zero attached hydrogens (tertiary/aromatic N) is 4. The Balaban J connectivity index is 1.15. The molecule has 35 heavy (non-hydrogen) atoms. The first-order valence-corrected chi connectivity index (χ1v) is 14.4. The molecule has 5 rings (SSSR count). The van der Waals surface area contributed by atoms with Crippen molar-refractivity contribution in [1.82, 2.24) is 19.7 Å². The van der Waals surface area contributed by atoms with Crippen molar-refractivity contribution >= 4 is 63.7 Å². The third-order valence-electron chi connectivity index (χ3n) is 6.54. The zero-order chi connectivity index (χ0) is 24.4. The molecule has 0 saturated carbocycles. The number of hydrogen-bond acceptors (Lipinski definition) is 6. The number of rotatable bonds is 6. The van der Waals surface area contributed by atoms with Crippen LogP contribution in [0.1, 0.15) is 39.3 Å². The summed E-state index contributed by atoms with van der Waals surface area (Å²) in [5.74, 6) is 0.531. The lowest BCUT2D eigenvalue weighted by Gasteiger charge is -2.36. The number of thiazole rings is 1. The van der Waals surface area contributed by atoms with Crippen LogP contribution < -0.4 is 0 Å². The second kappa shape index (κ2) is 11.0. The van der Waals surface area contributed by atoms with Crippen LogP contribution in [0.3, 0.4) is 0 Å². The lowest BCUT2D eigenvalue weighted by atomic mass is 10.1. The zero-order valence-electron chi connectivity index (χ0n) is 19.2. The van der Waals surface area contributed by atoms with Gasteiger partial charge in [0.15, 0.2) is 0 Å². The predicted molar refractivity (Wildman–Crippen MR) is 144 cm³/mol. The number of carbonyl (C=O) groups is 2. The first kappa shape index (κ1) is 24.8. The van der Waals surface area contributed by atoms with E-state index in [4.69, 9.17) is 23.2 Å². The standard InChI is InChI=1S/C25H26Cl2N4O2S2/c26-18-7-4-8-19(27)22(18)25-31(21(32)16-35-25)14-11-29-9-12-30(13-10-29)24(33)20-15-34-23(28-20)17-5-2-1-3-6-17/h1-2,4-5,7-8,15,25H,3,6,9-14,16H2. The van der Waals surface area contributed by atoms with E-state index in [1.807, 2.05) is 33.4 Å². The van der Waals surface area contributed by atoms with Gasteiger partial charge in [0, 0.05) is 60.3 Å². The SMILES string of the molecule is O=C(c1csc(C2=CC=CCC2)n1)N1CCN(CCN2C(=O)CSC2c2c(Cl)cccc2Cl)CC1. The van der Waals surface area contributed by atoms with Gasteiger partial charge in [-0.15, -0.1) is 23.1 Å². The predicted octanol–water partition coefficient (Wildman–Crippen LogP) is 5.22. The van der Waals surface area contributed by atoms with Gasteiger partial charge in [-0.05, 0) is 30.5 Å². The highest BCUT2D eigenvalue weighted by Crippen LogP contribution is 2.44. The highest BCUT2D eigenvalue weighted by Gasteiger charge is 2.35. The highest BCUT2D eigenvalue weighted by molar-refractivity contribution is 8.00. The maximum absolute atomic E-state index is 13.0. The van der Waals surface area contributed by atoms with E-state index in [2.05, 4.69) is 28.1 Å². The third-order valence-corrected chi connectivity index (χ3v) is 9.34. The number of allylic oxidation sites excluding steroid dienone is 4. The molecule has 2 aromatic rings. The van der Waals surface area contributed by atoms with Crippen molar-refractivity contribution in [3.63, 3.8) is 0 Å². The summed E-state index contributed by atoms with van der Waals surface area (Å²) in [5, 5.41) is 3.82. The number of halogens is 2. The van der Waals surface area contributed by atoms with Crippen LogP contribution in [0.15, 0.2) is 41.8 Å². The van der Waals surface area contributed by atoms with E-state index >= 15 is 0 Å². The van der Waals surface area contributed by atoms with E-state index in [0.717, 1.165) is 43.0 Å². The normalized spacial score (nSPS) is 21.0. The van der Waals surface area contributed by atoms with Gasteiger partial charge in [-0.1, -0.05) is 47.5 Å². The van der Waals surface area contributed by atoms with Gasteiger partial charge in [0.25, 0.3) is 5.91 Å². The van der Waals surface area contributed by atoms with E-state index in [1.165, 1.54) is 5.57 Å². The summed E-state index contributed by atoms with van der Waals surface area (Å²) in [6, 6.07) is 5.45. The molecule has 1 aromatic heterocycles. The first-order valence-electron chi connectivity index (χ1n) is 11.7. The van der Waals surface area contributed by atoms with Crippen LogP contribution in [-0.2, 0) is 4.79 Å². The number of benzene rings is 1. The summed E-state index contributed by atoms with van der Waals surface area (Å²) < 4.78 is 0. The molecule has 1 unspecified atom stereocenters. The minimum absolute atomic E-state index is 0.00125. The fourth-order valence-corrected chi connectivity index (χ4v) is 7.44. The van der Waals surface area contributed by atoms with Crippen LogP contribution in [0, 0.1) is 0 Å². The largest absolute Gasteiger partial charge is 0.335 e. The molecule has 3 aliphatic rings. The minimum Gasteiger partial charge on any atom is -0.335 e. The Morgan fingerprint density at radius 3 is 2.60 bits per heavy atom. The molecule has 2 amide bonds. The van der Waals surface area contributed by atoms with Crippen LogP contribution in [0.25, 0.3) is 5.57 Å². The van der Waals surface area contributed by atoms with Crippen molar-refractivity contribution in [1.29, 1.82) is 0 Å². The molecular formula is C25H26Cl2N4O2S2. The van der Waals surface area contributed by atoms with Gasteiger partial charge < -0.3 is 9.80 Å². The third kappa shape index (κ3) is 5.47. The molecule has 1 aromatic carbocycles. The van der Waals surface area contributed by atoms with Gasteiger partial charge in [-0.25, -0.2) is 4.98 Å². The van der Waals surface area contributed by atoms with Gasteiger partial charge in [-0.3, -0.25) is 14.5 Å². The molecular weight excluding hydrogens is 523 g/mol. The van der Waals surface area contributed by atoms with E-state index < -0.39 is 0 Å². The molecule has 2 saturated heterocycles. The van der Waals surface area contributed by atoms with Gasteiger partial charge in [0.2, 0.25) is 5.91 Å². The Kier molecular flexibility index (Phi) is 7.84. The van der Waals surface area contributed by atoms with Gasteiger partial charge in [0.05, 0.1) is 5.75 Å². The zero-order valence-corrected chi connectivity index (χ0v) is 22.3. The lowest BCUT2D eigenvalue weighted by Crippen LogP contribution is -2.50. The number of piperazine rings is 1. The molecule has 0 N–H and O–H groups in total. The number of amides is 2. The summed E-state index contributed by atoms with van der Waals surface area (Å²) in [4.78, 5) is 36.3. The van der Waals surface area contributed by atoms with Crippen molar-refractivity contribution < 1.29 is 9.59 Å². The fourth-order valence-electron chi connectivity index (χ4n) is 4.57. The highest BCUT2D eigenvalue weighted by atomic mass is 35.5. The van der Waals surface area contributed by atoms with E-state index in [0.29, 0.717) is 41.1 Å². The van der Waals surface area contributed by atoms with Crippen LogP contribution in [-0.4, -0.2) is 76.5 Å². The van der Waals surface area contributed by atoms with Crippen LogP contribution >= 0.6 is 46.3 Å². The lowest BCUT2D eigenvalue weighted by molar-refractivity contribution is -0.128. The summed E-state index contributed by atoms with van der Waals surface area (Å²) >= 11 is 15.9. The molecule has 0 radical (unpaired) electrons. The molecule has 0 spiro atoms. The van der Waals surface area contributed by atoms with Gasteiger partial charge >= 0.3 is 0 Å². The van der Waals surface area contributed by atoms with Crippen molar-refractivity contribution in [2.75, 3.05) is 45.0 Å². The molecule has 6 nitrogen and oxygen atoms in total. The Hall–Kier alpha value is -1.84. The second-order valence-corrected chi connectivity index (χ2v) is 11.5. The summed E-state index contributed by atoms with van der Waals surface area (Å²) in [5.41, 5.74) is 2.55. The maximum Gasteiger partial charge on any atom is 0.273 e. The average molecular weight is 550 g/mol. The van der Waals surface area contributed by atoms with Crippen LogP contribution in [0.2, 0.25) is 10.0 Å². The second-order valence-electron chi connectivity index (χ2n) is 8.72. The van der Waals surface area contributed by atoms with Gasteiger partial charge in [-0.2, -0.15) is 0 Å². The van der Waals surface area contributed by atoms with Gasteiger partial charge in [0.1, 0.15) is 16.1 Å². The van der Waals surface area contributed by atoms with Crippen molar-refractivity contribution in [2.45, 2.75) is 18.2 Å². The Labute approximate surface area is 223 Å². The molecule has 10 heteroatoms. The topological polar surface area (TPSA) is 56.8 Å². The first-order chi connectivity index (χ1) is 17.0. The van der Waals surface area contributed by atoms with E-state index in [1.54, 1.807) is 23.1 Å². The molecule has 2 aliphatic heterocycles. The van der Waals surface area contributed by atoms with E-state index in [-0.39, 0.29) is 17.2 Å². The monoisotopic (exact) mass is 548 g/mol. The van der Waals surface area contributed by atoms with Crippen molar-refractivity contribution in [2.24, 2.45) is 0 Å². The average Bonchev–Trinajstić information content (AvgIpc) is 3.51. The summed E-state index contributed by atoms with van der Waals surface area (Å²) in [7, 11) is 0. The maximum atomic E-state index is 13.0. The van der Waals surface area contributed by atoms with E-state index in [9.17, 15) is 9.59 Å². The van der Waals surface area contributed by atoms with Crippen molar-refractivity contribution in [3.8, 4) is 0 Å².